The van der Waals surface area contributed by atoms with Crippen molar-refractivity contribution < 1.29 is 14.3 Å². The Morgan fingerprint density at radius 3 is 2.87 bits per heavy atom. The number of imidazole rings is 1. The highest BCUT2D eigenvalue weighted by Gasteiger charge is 2.26. The van der Waals surface area contributed by atoms with Crippen LogP contribution in [-0.4, -0.2) is 22.1 Å². The number of hydrogen-bond donors (Lipinski definition) is 0. The maximum Gasteiger partial charge on any atom is 0.358 e. The molecule has 0 aliphatic carbocycles. The fraction of sp³-hybridized carbons (Fsp3) is 0.333. The number of nitrogens with zero attached hydrogens (tertiary/aromatic N) is 2. The number of para-hydroxylation sites is 1. The Kier molecular flexibility index (Phi) is 4.46. The number of carbonyl (C=O) groups excluding carboxylic acids is 1. The molecule has 0 amide bonds. The first-order valence-electron chi connectivity index (χ1n) is 7.83. The second-order valence-corrected chi connectivity index (χ2v) is 5.48. The molecule has 0 bridgehead atoms. The lowest BCUT2D eigenvalue weighted by Gasteiger charge is -2.16. The predicted molar refractivity (Wildman–Crippen MR) is 87.3 cm³/mol. The van der Waals surface area contributed by atoms with E-state index >= 15 is 0 Å². The van der Waals surface area contributed by atoms with Gasteiger partial charge in [0.05, 0.1) is 12.3 Å². The average molecular weight is 312 g/mol. The van der Waals surface area contributed by atoms with E-state index in [0.29, 0.717) is 12.3 Å². The third kappa shape index (κ3) is 3.13. The van der Waals surface area contributed by atoms with Crippen molar-refractivity contribution in [1.29, 1.82) is 0 Å². The Bertz CT molecular complexity index is 719. The summed E-state index contributed by atoms with van der Waals surface area (Å²) in [6.45, 7) is 4.48. The first-order valence-corrected chi connectivity index (χ1v) is 7.83. The zero-order valence-corrected chi connectivity index (χ0v) is 13.4. The number of ether oxygens (including phenoxy) is 2. The van der Waals surface area contributed by atoms with Gasteiger partial charge in [-0.1, -0.05) is 31.2 Å². The molecule has 0 fully saturated rings. The smallest absolute Gasteiger partial charge is 0.358 e. The van der Waals surface area contributed by atoms with E-state index in [-0.39, 0.29) is 12.5 Å². The summed E-state index contributed by atoms with van der Waals surface area (Å²) in [6.07, 6.45) is 4.95. The van der Waals surface area contributed by atoms with Crippen LogP contribution in [0.15, 0.2) is 36.4 Å². The van der Waals surface area contributed by atoms with Crippen LogP contribution in [0, 0.1) is 0 Å². The summed E-state index contributed by atoms with van der Waals surface area (Å²) < 4.78 is 12.9. The number of esters is 1. The van der Waals surface area contributed by atoms with Crippen molar-refractivity contribution >= 4 is 12.2 Å². The van der Waals surface area contributed by atoms with Crippen molar-refractivity contribution in [1.82, 2.24) is 9.55 Å². The number of allylic oxidation sites excluding steroid dienone is 1. The average Bonchev–Trinajstić information content (AvgIpc) is 2.94. The quantitative estimate of drug-likeness (QED) is 0.791. The molecule has 3 rings (SSSR count). The van der Waals surface area contributed by atoms with Crippen LogP contribution < -0.4 is 4.74 Å². The molecule has 23 heavy (non-hydrogen) atoms. The molecule has 5 nitrogen and oxygen atoms in total. The highest BCUT2D eigenvalue weighted by Crippen LogP contribution is 2.28. The number of aromatic nitrogens is 2. The summed E-state index contributed by atoms with van der Waals surface area (Å²) in [5, 5.41) is 0. The van der Waals surface area contributed by atoms with Crippen LogP contribution in [0.1, 0.15) is 48.2 Å². The summed E-state index contributed by atoms with van der Waals surface area (Å²) in [6, 6.07) is 9.53. The Hall–Kier alpha value is -2.56. The largest absolute Gasteiger partial charge is 0.487 e. The third-order valence-corrected chi connectivity index (χ3v) is 3.81. The molecule has 2 aromatic rings. The van der Waals surface area contributed by atoms with Gasteiger partial charge in [0.1, 0.15) is 18.2 Å². The summed E-state index contributed by atoms with van der Waals surface area (Å²) in [7, 11) is 0. The van der Waals surface area contributed by atoms with Crippen molar-refractivity contribution in [3.63, 3.8) is 0 Å². The van der Waals surface area contributed by atoms with Crippen molar-refractivity contribution in [3.8, 4) is 5.75 Å². The molecule has 1 aliphatic heterocycles. The van der Waals surface area contributed by atoms with Gasteiger partial charge in [-0.25, -0.2) is 9.78 Å². The third-order valence-electron chi connectivity index (χ3n) is 3.81. The van der Waals surface area contributed by atoms with E-state index in [0.717, 1.165) is 23.7 Å². The SMILES string of the molecule is CCOC(=O)c1nc2n(c1COc1ccccc1)C=CCC2C. The monoisotopic (exact) mass is 312 g/mol. The first kappa shape index (κ1) is 15.3. The fourth-order valence-electron chi connectivity index (χ4n) is 2.64. The lowest BCUT2D eigenvalue weighted by Crippen LogP contribution is -2.12. The lowest BCUT2D eigenvalue weighted by atomic mass is 10.1. The summed E-state index contributed by atoms with van der Waals surface area (Å²) in [4.78, 5) is 16.7. The molecule has 1 aromatic carbocycles. The zero-order valence-electron chi connectivity index (χ0n) is 13.4. The molecule has 1 unspecified atom stereocenters. The Morgan fingerprint density at radius 1 is 1.35 bits per heavy atom. The topological polar surface area (TPSA) is 53.3 Å². The van der Waals surface area contributed by atoms with Gasteiger partial charge >= 0.3 is 5.97 Å². The predicted octanol–water partition coefficient (Wildman–Crippen LogP) is 3.62. The molecule has 120 valence electrons. The van der Waals surface area contributed by atoms with E-state index < -0.39 is 5.97 Å². The molecule has 0 saturated heterocycles. The number of hydrogen-bond acceptors (Lipinski definition) is 4. The highest BCUT2D eigenvalue weighted by molar-refractivity contribution is 5.89. The number of fused-ring (bicyclic) bond motifs is 1. The van der Waals surface area contributed by atoms with E-state index in [4.69, 9.17) is 9.47 Å². The minimum atomic E-state index is -0.401. The maximum absolute atomic E-state index is 12.2. The van der Waals surface area contributed by atoms with Gasteiger partial charge in [-0.2, -0.15) is 0 Å². The minimum absolute atomic E-state index is 0.263. The van der Waals surface area contributed by atoms with Gasteiger partial charge in [0.2, 0.25) is 0 Å². The van der Waals surface area contributed by atoms with E-state index in [2.05, 4.69) is 18.0 Å². The van der Waals surface area contributed by atoms with E-state index in [9.17, 15) is 4.79 Å². The Balaban J connectivity index is 1.93. The summed E-state index contributed by atoms with van der Waals surface area (Å²) in [5.41, 5.74) is 1.07. The Labute approximate surface area is 135 Å². The van der Waals surface area contributed by atoms with Crippen LogP contribution in [0.3, 0.4) is 0 Å². The van der Waals surface area contributed by atoms with Crippen LogP contribution in [0.25, 0.3) is 6.20 Å². The molecule has 0 radical (unpaired) electrons. The zero-order chi connectivity index (χ0) is 16.2. The van der Waals surface area contributed by atoms with Crippen LogP contribution in [-0.2, 0) is 11.3 Å². The van der Waals surface area contributed by atoms with Crippen LogP contribution in [0.5, 0.6) is 5.75 Å². The molecule has 0 spiro atoms. The number of benzene rings is 1. The van der Waals surface area contributed by atoms with E-state index in [1.54, 1.807) is 6.92 Å². The van der Waals surface area contributed by atoms with Crippen molar-refractivity contribution in [2.45, 2.75) is 32.8 Å². The lowest BCUT2D eigenvalue weighted by molar-refractivity contribution is 0.0516. The first-order chi connectivity index (χ1) is 11.2. The van der Waals surface area contributed by atoms with Gasteiger partial charge in [-0.05, 0) is 25.5 Å². The van der Waals surface area contributed by atoms with Gasteiger partial charge < -0.3 is 14.0 Å². The van der Waals surface area contributed by atoms with Gasteiger partial charge in [-0.3, -0.25) is 0 Å². The van der Waals surface area contributed by atoms with Gasteiger partial charge in [-0.15, -0.1) is 0 Å². The maximum atomic E-state index is 12.2. The van der Waals surface area contributed by atoms with Gasteiger partial charge in [0.25, 0.3) is 0 Å². The molecule has 2 heterocycles. The summed E-state index contributed by atoms with van der Waals surface area (Å²) in [5.74, 6) is 1.49. The fourth-order valence-corrected chi connectivity index (χ4v) is 2.64. The van der Waals surface area contributed by atoms with Gasteiger partial charge in [0, 0.05) is 12.1 Å². The van der Waals surface area contributed by atoms with Crippen molar-refractivity contribution in [3.05, 3.63) is 53.6 Å². The van der Waals surface area contributed by atoms with Crippen molar-refractivity contribution in [2.24, 2.45) is 0 Å². The molecular weight excluding hydrogens is 292 g/mol. The molecule has 1 aliphatic rings. The van der Waals surface area contributed by atoms with Crippen LogP contribution in [0.2, 0.25) is 0 Å². The standard InChI is InChI=1S/C18H20N2O3/c1-3-22-18(21)16-15(12-23-14-9-5-4-6-10-14)20-11-7-8-13(2)17(20)19-16/h4-7,9-11,13H,3,8,12H2,1-2H3. The van der Waals surface area contributed by atoms with Gasteiger partial charge in [0.15, 0.2) is 5.69 Å². The minimum Gasteiger partial charge on any atom is -0.487 e. The molecule has 1 aromatic heterocycles. The van der Waals surface area contributed by atoms with E-state index in [1.807, 2.05) is 41.1 Å². The summed E-state index contributed by atoms with van der Waals surface area (Å²) >= 11 is 0. The number of carbonyl (C=O) groups is 1. The second kappa shape index (κ2) is 6.69. The molecule has 0 saturated carbocycles. The highest BCUT2D eigenvalue weighted by atomic mass is 16.5. The van der Waals surface area contributed by atoms with Crippen LogP contribution >= 0.6 is 0 Å². The molecule has 0 N–H and O–H groups in total. The van der Waals surface area contributed by atoms with E-state index in [1.165, 1.54) is 0 Å². The molecule has 1 atom stereocenters. The normalized spacial score (nSPS) is 16.0. The second-order valence-electron chi connectivity index (χ2n) is 5.48. The Morgan fingerprint density at radius 2 is 2.13 bits per heavy atom. The number of rotatable bonds is 5. The van der Waals surface area contributed by atoms with Crippen LogP contribution in [0.4, 0.5) is 0 Å². The molecular formula is C18H20N2O3. The van der Waals surface area contributed by atoms with Crippen molar-refractivity contribution in [2.75, 3.05) is 6.61 Å². The molecule has 5 heteroatoms.